The number of methoxy groups -OCH3 is 1. The second kappa shape index (κ2) is 5.70. The molecule has 2 aromatic rings. The highest BCUT2D eigenvalue weighted by Crippen LogP contribution is 2.54. The molecule has 2 N–H and O–H groups in total. The van der Waals surface area contributed by atoms with Crippen molar-refractivity contribution in [2.24, 2.45) is 11.8 Å². The van der Waals surface area contributed by atoms with Gasteiger partial charge in [0.2, 0.25) is 12.5 Å². The highest BCUT2D eigenvalue weighted by Gasteiger charge is 2.49. The molecule has 2 aliphatic heterocycles. The van der Waals surface area contributed by atoms with Crippen molar-refractivity contribution in [2.75, 3.05) is 20.5 Å². The van der Waals surface area contributed by atoms with Gasteiger partial charge in [0, 0.05) is 17.4 Å². The fraction of sp³-hybridized carbons (Fsp3) is 0.350. The predicted molar refractivity (Wildman–Crippen MR) is 92.4 cm³/mol. The Morgan fingerprint density at radius 2 is 2.00 bits per heavy atom. The topological polar surface area (TPSA) is 94.5 Å². The number of fused-ring (bicyclic) bond motifs is 3. The summed E-state index contributed by atoms with van der Waals surface area (Å²) in [6.07, 6.45) is 0.528. The van der Waals surface area contributed by atoms with Crippen LogP contribution in [0.4, 0.5) is 0 Å². The van der Waals surface area contributed by atoms with Gasteiger partial charge >= 0.3 is 5.97 Å². The molecule has 0 radical (unpaired) electrons. The molecule has 7 heteroatoms. The second-order valence-electron chi connectivity index (χ2n) is 7.06. The first-order valence-electron chi connectivity index (χ1n) is 8.76. The minimum atomic E-state index is -0.369. The van der Waals surface area contributed by atoms with Crippen molar-refractivity contribution in [3.05, 3.63) is 41.0 Å². The molecule has 2 aromatic carbocycles. The number of cyclic esters (lactones) is 1. The van der Waals surface area contributed by atoms with E-state index >= 15 is 0 Å². The molecule has 7 nitrogen and oxygen atoms in total. The first-order valence-corrected chi connectivity index (χ1v) is 8.76. The van der Waals surface area contributed by atoms with Crippen LogP contribution in [0.2, 0.25) is 0 Å². The molecule has 0 unspecified atom stereocenters. The average molecular weight is 370 g/mol. The molecule has 0 spiro atoms. The average Bonchev–Trinajstić information content (AvgIpc) is 3.28. The fourth-order valence-electron chi connectivity index (χ4n) is 4.48. The third-order valence-electron chi connectivity index (χ3n) is 5.72. The minimum Gasteiger partial charge on any atom is -0.504 e. The third kappa shape index (κ3) is 2.24. The van der Waals surface area contributed by atoms with Gasteiger partial charge in [-0.25, -0.2) is 0 Å². The second-order valence-corrected chi connectivity index (χ2v) is 7.06. The van der Waals surface area contributed by atoms with Gasteiger partial charge in [-0.2, -0.15) is 0 Å². The van der Waals surface area contributed by atoms with E-state index in [2.05, 4.69) is 0 Å². The van der Waals surface area contributed by atoms with Crippen LogP contribution in [0.5, 0.6) is 28.7 Å². The van der Waals surface area contributed by atoms with Gasteiger partial charge < -0.3 is 29.2 Å². The molecular weight excluding hydrogens is 352 g/mol. The third-order valence-corrected chi connectivity index (χ3v) is 5.72. The maximum Gasteiger partial charge on any atom is 0.310 e. The Kier molecular flexibility index (Phi) is 3.40. The van der Waals surface area contributed by atoms with Crippen LogP contribution in [0.25, 0.3) is 0 Å². The van der Waals surface area contributed by atoms with Gasteiger partial charge in [0.1, 0.15) is 0 Å². The maximum atomic E-state index is 12.5. The molecule has 5 rings (SSSR count). The standard InChI is InChI=1S/C20H18O7/c1-24-14-5-9(2-3-13(14)21)16-11-6-15-19(27-8-26-15)18(22)12(11)4-10-7-25-20(23)17(10)16/h2-3,5-6,10,16-17,21-22H,4,7-8H2,1H3/t10-,16+,17-/m0/s1. The highest BCUT2D eigenvalue weighted by molar-refractivity contribution is 5.79. The van der Waals surface area contributed by atoms with Crippen LogP contribution in [0.3, 0.4) is 0 Å². The van der Waals surface area contributed by atoms with E-state index < -0.39 is 0 Å². The molecule has 0 amide bonds. The Labute approximate surface area is 155 Å². The molecule has 1 saturated heterocycles. The first-order chi connectivity index (χ1) is 13.1. The van der Waals surface area contributed by atoms with Gasteiger partial charge in [-0.1, -0.05) is 6.07 Å². The normalized spacial score (nSPS) is 24.9. The molecule has 3 atom stereocenters. The van der Waals surface area contributed by atoms with Gasteiger partial charge in [0.25, 0.3) is 0 Å². The van der Waals surface area contributed by atoms with Gasteiger partial charge in [0.05, 0.1) is 19.6 Å². The number of rotatable bonds is 2. The van der Waals surface area contributed by atoms with Crippen LogP contribution in [-0.4, -0.2) is 36.7 Å². The van der Waals surface area contributed by atoms with E-state index in [4.69, 9.17) is 18.9 Å². The first kappa shape index (κ1) is 16.1. The smallest absolute Gasteiger partial charge is 0.310 e. The number of phenols is 2. The number of carbonyl (C=O) groups is 1. The number of phenolic OH excluding ortho intramolecular Hbond substituents is 2. The summed E-state index contributed by atoms with van der Waals surface area (Å²) in [7, 11) is 1.48. The van der Waals surface area contributed by atoms with E-state index in [1.807, 2.05) is 6.07 Å². The summed E-state index contributed by atoms with van der Waals surface area (Å²) in [5.41, 5.74) is 2.36. The van der Waals surface area contributed by atoms with E-state index in [0.717, 1.165) is 16.7 Å². The molecular formula is C20H18O7. The van der Waals surface area contributed by atoms with Crippen molar-refractivity contribution in [1.82, 2.24) is 0 Å². The van der Waals surface area contributed by atoms with Gasteiger partial charge in [0.15, 0.2) is 23.0 Å². The van der Waals surface area contributed by atoms with Crippen molar-refractivity contribution in [1.29, 1.82) is 0 Å². The summed E-state index contributed by atoms with van der Waals surface area (Å²) in [4.78, 5) is 12.5. The number of carbonyl (C=O) groups excluding carboxylic acids is 1. The molecule has 0 saturated carbocycles. The lowest BCUT2D eigenvalue weighted by atomic mass is 9.67. The minimum absolute atomic E-state index is 0.0244. The summed E-state index contributed by atoms with van der Waals surface area (Å²) in [6, 6.07) is 6.87. The molecule has 1 fully saturated rings. The van der Waals surface area contributed by atoms with Gasteiger partial charge in [-0.05, 0) is 35.7 Å². The Balaban J connectivity index is 1.73. The molecule has 0 bridgehead atoms. The number of aromatic hydroxyl groups is 2. The van der Waals surface area contributed by atoms with Crippen LogP contribution in [0.15, 0.2) is 24.3 Å². The van der Waals surface area contributed by atoms with Gasteiger partial charge in [-0.15, -0.1) is 0 Å². The lowest BCUT2D eigenvalue weighted by molar-refractivity contribution is -0.141. The molecule has 140 valence electrons. The Hall–Kier alpha value is -3.09. The number of hydrogen-bond acceptors (Lipinski definition) is 7. The molecule has 27 heavy (non-hydrogen) atoms. The zero-order valence-electron chi connectivity index (χ0n) is 14.6. The Morgan fingerprint density at radius 1 is 1.15 bits per heavy atom. The number of hydrogen-bond donors (Lipinski definition) is 2. The monoisotopic (exact) mass is 370 g/mol. The molecule has 0 aromatic heterocycles. The highest BCUT2D eigenvalue weighted by atomic mass is 16.7. The summed E-state index contributed by atoms with van der Waals surface area (Å²) in [6.45, 7) is 0.376. The van der Waals surface area contributed by atoms with Crippen LogP contribution in [-0.2, 0) is 16.0 Å². The van der Waals surface area contributed by atoms with Gasteiger partial charge in [-0.3, -0.25) is 4.79 Å². The van der Waals surface area contributed by atoms with Crippen LogP contribution >= 0.6 is 0 Å². The number of ether oxygens (including phenoxy) is 4. The van der Waals surface area contributed by atoms with Crippen molar-refractivity contribution >= 4 is 5.97 Å². The van der Waals surface area contributed by atoms with Crippen LogP contribution in [0, 0.1) is 11.8 Å². The van der Waals surface area contributed by atoms with E-state index in [-0.39, 0.29) is 42.0 Å². The predicted octanol–water partition coefficient (Wildman–Crippen LogP) is 2.31. The van der Waals surface area contributed by atoms with E-state index in [9.17, 15) is 15.0 Å². The molecule has 2 heterocycles. The van der Waals surface area contributed by atoms with Crippen molar-refractivity contribution in [3.8, 4) is 28.7 Å². The zero-order valence-corrected chi connectivity index (χ0v) is 14.6. The summed E-state index contributed by atoms with van der Waals surface area (Å²) >= 11 is 0. The quantitative estimate of drug-likeness (QED) is 0.784. The summed E-state index contributed by atoms with van der Waals surface area (Å²) in [5, 5.41) is 20.7. The summed E-state index contributed by atoms with van der Waals surface area (Å²) in [5.74, 6) is 0.222. The van der Waals surface area contributed by atoms with Crippen LogP contribution < -0.4 is 14.2 Å². The van der Waals surface area contributed by atoms with E-state index in [1.54, 1.807) is 18.2 Å². The lowest BCUT2D eigenvalue weighted by Gasteiger charge is -2.34. The zero-order chi connectivity index (χ0) is 18.7. The summed E-state index contributed by atoms with van der Waals surface area (Å²) < 4.78 is 21.4. The van der Waals surface area contributed by atoms with Crippen molar-refractivity contribution < 1.29 is 34.0 Å². The molecule has 3 aliphatic rings. The van der Waals surface area contributed by atoms with E-state index in [0.29, 0.717) is 30.3 Å². The number of esters is 1. The number of benzene rings is 2. The van der Waals surface area contributed by atoms with Crippen LogP contribution in [0.1, 0.15) is 22.6 Å². The largest absolute Gasteiger partial charge is 0.504 e. The molecule has 1 aliphatic carbocycles. The van der Waals surface area contributed by atoms with E-state index in [1.165, 1.54) is 7.11 Å². The lowest BCUT2D eigenvalue weighted by Crippen LogP contribution is -2.31. The fourth-order valence-corrected chi connectivity index (χ4v) is 4.48. The Bertz CT molecular complexity index is 952. The van der Waals surface area contributed by atoms with Crippen molar-refractivity contribution in [3.63, 3.8) is 0 Å². The van der Waals surface area contributed by atoms with Crippen molar-refractivity contribution in [2.45, 2.75) is 12.3 Å². The SMILES string of the molecule is COc1cc([C@@H]2c3cc4c(c(O)c3C[C@H]3COC(=O)[C@@H]32)OCO4)ccc1O. The maximum absolute atomic E-state index is 12.5. The Morgan fingerprint density at radius 3 is 2.81 bits per heavy atom.